The predicted octanol–water partition coefficient (Wildman–Crippen LogP) is 2.99. The predicted molar refractivity (Wildman–Crippen MR) is 103 cm³/mol. The van der Waals surface area contributed by atoms with Crippen molar-refractivity contribution in [2.24, 2.45) is 16.3 Å². The minimum absolute atomic E-state index is 0.00963. The zero-order valence-corrected chi connectivity index (χ0v) is 16.8. The highest BCUT2D eigenvalue weighted by molar-refractivity contribution is 5.80. The van der Waals surface area contributed by atoms with Crippen molar-refractivity contribution < 1.29 is 27.8 Å². The molecule has 2 aliphatic rings. The molecule has 0 radical (unpaired) electrons. The van der Waals surface area contributed by atoms with Crippen LogP contribution in [0, 0.1) is 11.3 Å². The lowest BCUT2D eigenvalue weighted by molar-refractivity contribution is -0.274. The number of fused-ring (bicyclic) bond motifs is 1. The Morgan fingerprint density at radius 3 is 2.66 bits per heavy atom. The van der Waals surface area contributed by atoms with Crippen LogP contribution in [-0.2, 0) is 4.74 Å². The lowest BCUT2D eigenvalue weighted by Gasteiger charge is -2.54. The van der Waals surface area contributed by atoms with Gasteiger partial charge in [-0.25, -0.2) is 0 Å². The number of guanidine groups is 1. The second-order valence-corrected chi connectivity index (χ2v) is 8.04. The molecule has 4 atom stereocenters. The number of alkyl halides is 3. The molecule has 0 aromatic heterocycles. The van der Waals surface area contributed by atoms with Crippen molar-refractivity contribution in [2.75, 3.05) is 19.7 Å². The molecule has 9 heteroatoms. The molecule has 1 aliphatic carbocycles. The first-order chi connectivity index (χ1) is 13.6. The average molecular weight is 415 g/mol. The van der Waals surface area contributed by atoms with E-state index in [9.17, 15) is 18.3 Å². The summed E-state index contributed by atoms with van der Waals surface area (Å²) in [5.74, 6) is 0.722. The van der Waals surface area contributed by atoms with E-state index in [2.05, 4.69) is 34.2 Å². The summed E-state index contributed by atoms with van der Waals surface area (Å²) >= 11 is 0. The van der Waals surface area contributed by atoms with Gasteiger partial charge in [-0.2, -0.15) is 0 Å². The number of nitrogens with zero attached hydrogens (tertiary/aromatic N) is 1. The van der Waals surface area contributed by atoms with E-state index in [1.807, 2.05) is 6.92 Å². The van der Waals surface area contributed by atoms with Crippen molar-refractivity contribution in [3.8, 4) is 5.75 Å². The smallest absolute Gasteiger partial charge is 0.406 e. The maximum absolute atomic E-state index is 12.2. The number of hydrogen-bond acceptors (Lipinski definition) is 4. The molecule has 1 aromatic carbocycles. The molecule has 29 heavy (non-hydrogen) atoms. The molecule has 1 saturated heterocycles. The Balaban J connectivity index is 1.61. The Morgan fingerprint density at radius 2 is 2.03 bits per heavy atom. The number of aliphatic hydroxyl groups is 1. The second kappa shape index (κ2) is 8.39. The molecule has 1 heterocycles. The number of halogens is 3. The molecule has 2 fully saturated rings. The third kappa shape index (κ3) is 4.95. The fraction of sp³-hybridized carbons (Fsp3) is 0.650. The summed E-state index contributed by atoms with van der Waals surface area (Å²) in [6.45, 7) is 7.81. The Kier molecular flexibility index (Phi) is 6.28. The van der Waals surface area contributed by atoms with Gasteiger partial charge in [0.1, 0.15) is 5.75 Å². The van der Waals surface area contributed by atoms with Crippen molar-refractivity contribution >= 4 is 5.96 Å². The molecule has 0 amide bonds. The summed E-state index contributed by atoms with van der Waals surface area (Å²) in [7, 11) is 0. The summed E-state index contributed by atoms with van der Waals surface area (Å²) in [5.41, 5.74) is 0.456. The van der Waals surface area contributed by atoms with E-state index in [4.69, 9.17) is 4.74 Å². The number of rotatable bonds is 6. The first-order valence-corrected chi connectivity index (χ1v) is 9.82. The van der Waals surface area contributed by atoms with Crippen LogP contribution in [0.4, 0.5) is 13.2 Å². The number of hydrogen-bond donors (Lipinski definition) is 3. The monoisotopic (exact) mass is 415 g/mol. The van der Waals surface area contributed by atoms with Crippen LogP contribution >= 0.6 is 0 Å². The Hall–Kier alpha value is -2.00. The largest absolute Gasteiger partial charge is 0.573 e. The highest BCUT2D eigenvalue weighted by Crippen LogP contribution is 2.52. The van der Waals surface area contributed by atoms with Crippen LogP contribution in [0.5, 0.6) is 5.75 Å². The van der Waals surface area contributed by atoms with E-state index >= 15 is 0 Å². The van der Waals surface area contributed by atoms with Crippen molar-refractivity contribution in [1.82, 2.24) is 10.6 Å². The highest BCUT2D eigenvalue weighted by atomic mass is 19.4. The van der Waals surface area contributed by atoms with Crippen LogP contribution in [0.15, 0.2) is 29.3 Å². The Bertz CT molecular complexity index is 722. The number of aliphatic hydroxyl groups excluding tert-OH is 1. The van der Waals surface area contributed by atoms with Gasteiger partial charge in [0.05, 0.1) is 18.8 Å². The van der Waals surface area contributed by atoms with Crippen molar-refractivity contribution in [3.63, 3.8) is 0 Å². The topological polar surface area (TPSA) is 75.1 Å². The molecule has 0 spiro atoms. The fourth-order valence-corrected chi connectivity index (χ4v) is 4.26. The minimum Gasteiger partial charge on any atom is -0.406 e. The number of aliphatic imine (C=N–C) groups is 1. The molecular formula is C20H28F3N3O3. The molecule has 1 aromatic rings. The normalized spacial score (nSPS) is 27.0. The summed E-state index contributed by atoms with van der Waals surface area (Å²) in [6.07, 6.45) is -4.41. The van der Waals surface area contributed by atoms with E-state index < -0.39 is 12.5 Å². The molecule has 1 saturated carbocycles. The standard InChI is InChI=1S/C20H28F3N3O3/c1-4-24-18(26-16-14-9-10-28-17(14)19(16,2)3)25-11-15(27)12-5-7-13(8-6-12)29-20(21,22)23/h5-8,14-17,27H,4,9-11H2,1-3H3,(H2,24,25,26). The van der Waals surface area contributed by atoms with Crippen LogP contribution in [0.1, 0.15) is 38.9 Å². The minimum atomic E-state index is -4.74. The van der Waals surface area contributed by atoms with Crippen LogP contribution in [-0.4, -0.2) is 49.3 Å². The van der Waals surface area contributed by atoms with Gasteiger partial charge in [0.15, 0.2) is 5.96 Å². The Morgan fingerprint density at radius 1 is 1.34 bits per heavy atom. The molecule has 1 aliphatic heterocycles. The highest BCUT2D eigenvalue weighted by Gasteiger charge is 2.59. The van der Waals surface area contributed by atoms with Crippen molar-refractivity contribution in [2.45, 2.75) is 51.8 Å². The van der Waals surface area contributed by atoms with Gasteiger partial charge in [0.25, 0.3) is 0 Å². The first kappa shape index (κ1) is 21.7. The zero-order chi connectivity index (χ0) is 21.2. The van der Waals surface area contributed by atoms with Crippen LogP contribution in [0.2, 0.25) is 0 Å². The van der Waals surface area contributed by atoms with Gasteiger partial charge in [-0.1, -0.05) is 26.0 Å². The molecule has 3 rings (SSSR count). The van der Waals surface area contributed by atoms with Gasteiger partial charge in [-0.15, -0.1) is 13.2 Å². The summed E-state index contributed by atoms with van der Waals surface area (Å²) < 4.78 is 46.4. The molecule has 4 unspecified atom stereocenters. The first-order valence-electron chi connectivity index (χ1n) is 9.82. The van der Waals surface area contributed by atoms with Gasteiger partial charge >= 0.3 is 6.36 Å². The Labute approximate surface area is 168 Å². The molecule has 0 bridgehead atoms. The van der Waals surface area contributed by atoms with Gasteiger partial charge in [-0.3, -0.25) is 4.99 Å². The van der Waals surface area contributed by atoms with Crippen LogP contribution < -0.4 is 15.4 Å². The lowest BCUT2D eigenvalue weighted by atomic mass is 9.57. The zero-order valence-electron chi connectivity index (χ0n) is 16.8. The SMILES string of the molecule is CCNC(=NCC(O)c1ccc(OC(F)(F)F)cc1)NC1C2CCOC2C1(C)C. The van der Waals surface area contributed by atoms with E-state index in [1.165, 1.54) is 24.3 Å². The van der Waals surface area contributed by atoms with Gasteiger partial charge < -0.3 is 25.2 Å². The molecule has 6 nitrogen and oxygen atoms in total. The van der Waals surface area contributed by atoms with E-state index in [-0.39, 0.29) is 29.9 Å². The van der Waals surface area contributed by atoms with Gasteiger partial charge in [-0.05, 0) is 31.0 Å². The number of benzene rings is 1. The maximum Gasteiger partial charge on any atom is 0.573 e. The second-order valence-electron chi connectivity index (χ2n) is 8.04. The summed E-state index contributed by atoms with van der Waals surface area (Å²) in [4.78, 5) is 4.47. The summed E-state index contributed by atoms with van der Waals surface area (Å²) in [5, 5.41) is 17.0. The van der Waals surface area contributed by atoms with Gasteiger partial charge in [0.2, 0.25) is 0 Å². The third-order valence-electron chi connectivity index (χ3n) is 5.66. The van der Waals surface area contributed by atoms with E-state index in [0.717, 1.165) is 13.0 Å². The molecular weight excluding hydrogens is 387 g/mol. The third-order valence-corrected chi connectivity index (χ3v) is 5.66. The maximum atomic E-state index is 12.2. The van der Waals surface area contributed by atoms with Gasteiger partial charge in [0, 0.05) is 30.5 Å². The average Bonchev–Trinajstić information content (AvgIpc) is 3.10. The van der Waals surface area contributed by atoms with Crippen LogP contribution in [0.3, 0.4) is 0 Å². The molecule has 3 N–H and O–H groups in total. The van der Waals surface area contributed by atoms with Crippen molar-refractivity contribution in [1.29, 1.82) is 0 Å². The van der Waals surface area contributed by atoms with Crippen LogP contribution in [0.25, 0.3) is 0 Å². The van der Waals surface area contributed by atoms with E-state index in [0.29, 0.717) is 24.0 Å². The quantitative estimate of drug-likeness (QED) is 0.492. The lowest BCUT2D eigenvalue weighted by Crippen LogP contribution is -2.68. The molecule has 162 valence electrons. The van der Waals surface area contributed by atoms with E-state index in [1.54, 1.807) is 0 Å². The van der Waals surface area contributed by atoms with Crippen molar-refractivity contribution in [3.05, 3.63) is 29.8 Å². The number of nitrogens with one attached hydrogen (secondary N) is 2. The number of ether oxygens (including phenoxy) is 2. The summed E-state index contributed by atoms with van der Waals surface area (Å²) in [6, 6.07) is 5.38. The fourth-order valence-electron chi connectivity index (χ4n) is 4.26.